The molecule has 1 fully saturated rings. The van der Waals surface area contributed by atoms with Crippen LogP contribution in [0.25, 0.3) is 0 Å². The Morgan fingerprint density at radius 2 is 1.75 bits per heavy atom. The van der Waals surface area contributed by atoms with Crippen LogP contribution in [0.1, 0.15) is 5.56 Å². The molecule has 1 aromatic carbocycles. The molecule has 3 aromatic rings. The first-order valence-electron chi connectivity index (χ1n) is 10.2. The summed E-state index contributed by atoms with van der Waals surface area (Å²) in [5.74, 6) is 0.899. The Morgan fingerprint density at radius 3 is 2.50 bits per heavy atom. The third-order valence-electron chi connectivity index (χ3n) is 5.01. The topological polar surface area (TPSA) is 74.2 Å². The molecule has 0 radical (unpaired) electrons. The van der Waals surface area contributed by atoms with E-state index in [1.165, 1.54) is 11.8 Å². The van der Waals surface area contributed by atoms with Gasteiger partial charge < -0.3 is 15.1 Å². The van der Waals surface area contributed by atoms with Gasteiger partial charge in [0.15, 0.2) is 5.16 Å². The molecule has 1 amide bonds. The highest BCUT2D eigenvalue weighted by Crippen LogP contribution is 2.25. The van der Waals surface area contributed by atoms with Gasteiger partial charge in [0.05, 0.1) is 5.75 Å². The van der Waals surface area contributed by atoms with Gasteiger partial charge in [-0.05, 0) is 35.9 Å². The van der Waals surface area contributed by atoms with Crippen LogP contribution in [-0.2, 0) is 11.3 Å². The first-order valence-corrected chi connectivity index (χ1v) is 11.9. The molecule has 166 valence electrons. The van der Waals surface area contributed by atoms with Crippen molar-refractivity contribution in [3.63, 3.8) is 0 Å². The first kappa shape index (κ1) is 22.6. The number of anilines is 2. The Labute approximate surface area is 201 Å². The van der Waals surface area contributed by atoms with Gasteiger partial charge in [-0.15, -0.1) is 0 Å². The number of hydrogen-bond donors (Lipinski definition) is 1. The molecule has 1 N–H and O–H groups in total. The van der Waals surface area contributed by atoms with E-state index in [2.05, 4.69) is 36.1 Å². The lowest BCUT2D eigenvalue weighted by Crippen LogP contribution is -2.46. The minimum absolute atomic E-state index is 0.0907. The van der Waals surface area contributed by atoms with E-state index in [0.29, 0.717) is 16.9 Å². The van der Waals surface area contributed by atoms with E-state index in [9.17, 15) is 4.79 Å². The molecular formula is C22H22Cl2N6OS. The van der Waals surface area contributed by atoms with Gasteiger partial charge in [-0.2, -0.15) is 0 Å². The largest absolute Gasteiger partial charge is 0.368 e. The van der Waals surface area contributed by atoms with Crippen molar-refractivity contribution >= 4 is 52.4 Å². The number of hydrogen-bond acceptors (Lipinski definition) is 7. The second-order valence-electron chi connectivity index (χ2n) is 7.21. The number of thioether (sulfide) groups is 1. The molecule has 0 atom stereocenters. The summed E-state index contributed by atoms with van der Waals surface area (Å²) in [6.07, 6.45) is 3.40. The molecule has 2 aromatic heterocycles. The van der Waals surface area contributed by atoms with Crippen LogP contribution in [0.2, 0.25) is 10.2 Å². The number of nitrogens with one attached hydrogen (secondary N) is 1. The summed E-state index contributed by atoms with van der Waals surface area (Å²) >= 11 is 13.6. The summed E-state index contributed by atoms with van der Waals surface area (Å²) in [6, 6.07) is 13.4. The maximum Gasteiger partial charge on any atom is 0.230 e. The fourth-order valence-electron chi connectivity index (χ4n) is 3.36. The third-order valence-corrected chi connectivity index (χ3v) is 6.29. The lowest BCUT2D eigenvalue weighted by molar-refractivity contribution is -0.118. The molecule has 10 heteroatoms. The lowest BCUT2D eigenvalue weighted by Gasteiger charge is -2.36. The summed E-state index contributed by atoms with van der Waals surface area (Å²) in [4.78, 5) is 29.5. The number of pyridine rings is 1. The van der Waals surface area contributed by atoms with Crippen molar-refractivity contribution in [3.05, 3.63) is 70.6 Å². The van der Waals surface area contributed by atoms with E-state index in [4.69, 9.17) is 23.2 Å². The molecule has 0 bridgehead atoms. The molecular weight excluding hydrogens is 467 g/mol. The predicted octanol–water partition coefficient (Wildman–Crippen LogP) is 3.91. The number of rotatable bonds is 7. The van der Waals surface area contributed by atoms with E-state index in [0.717, 1.165) is 48.3 Å². The fourth-order valence-corrected chi connectivity index (χ4v) is 4.46. The van der Waals surface area contributed by atoms with Gasteiger partial charge in [-0.25, -0.2) is 9.97 Å². The van der Waals surface area contributed by atoms with E-state index in [1.807, 2.05) is 30.3 Å². The van der Waals surface area contributed by atoms with Crippen molar-refractivity contribution in [2.45, 2.75) is 11.7 Å². The van der Waals surface area contributed by atoms with Crippen molar-refractivity contribution < 1.29 is 4.79 Å². The highest BCUT2D eigenvalue weighted by molar-refractivity contribution is 7.99. The summed E-state index contributed by atoms with van der Waals surface area (Å²) in [5, 5.41) is 4.48. The quantitative estimate of drug-likeness (QED) is 0.307. The zero-order chi connectivity index (χ0) is 22.3. The number of nitrogens with zero attached hydrogens (tertiary/aromatic N) is 5. The first-order chi connectivity index (χ1) is 15.6. The Kier molecular flexibility index (Phi) is 7.68. The van der Waals surface area contributed by atoms with Crippen molar-refractivity contribution in [1.29, 1.82) is 0 Å². The standard InChI is InChI=1S/C22H22Cl2N6OS/c23-17-2-1-3-18(12-17)29-8-10-30(11-9-29)20-13-19(24)27-22(28-20)32-15-21(31)26-14-16-4-6-25-7-5-16/h1-7,12-13H,8-11,14-15H2,(H,26,31). The predicted molar refractivity (Wildman–Crippen MR) is 130 cm³/mol. The Balaban J connectivity index is 1.31. The zero-order valence-corrected chi connectivity index (χ0v) is 19.6. The summed E-state index contributed by atoms with van der Waals surface area (Å²) < 4.78 is 0. The Bertz CT molecular complexity index is 1060. The zero-order valence-electron chi connectivity index (χ0n) is 17.2. The van der Waals surface area contributed by atoms with Crippen molar-refractivity contribution in [2.24, 2.45) is 0 Å². The van der Waals surface area contributed by atoms with Crippen LogP contribution in [0.15, 0.2) is 60.0 Å². The van der Waals surface area contributed by atoms with Crippen molar-refractivity contribution in [2.75, 3.05) is 41.7 Å². The highest BCUT2D eigenvalue weighted by atomic mass is 35.5. The average molecular weight is 489 g/mol. The van der Waals surface area contributed by atoms with E-state index < -0.39 is 0 Å². The van der Waals surface area contributed by atoms with Gasteiger partial charge in [0.1, 0.15) is 11.0 Å². The van der Waals surface area contributed by atoms with Gasteiger partial charge in [-0.3, -0.25) is 9.78 Å². The van der Waals surface area contributed by atoms with Crippen LogP contribution < -0.4 is 15.1 Å². The van der Waals surface area contributed by atoms with Crippen LogP contribution >= 0.6 is 35.0 Å². The molecule has 3 heterocycles. The van der Waals surface area contributed by atoms with Crippen LogP contribution in [-0.4, -0.2) is 52.8 Å². The molecule has 0 aliphatic carbocycles. The minimum Gasteiger partial charge on any atom is -0.368 e. The monoisotopic (exact) mass is 488 g/mol. The number of aromatic nitrogens is 3. The van der Waals surface area contributed by atoms with E-state index in [-0.39, 0.29) is 11.7 Å². The molecule has 0 saturated carbocycles. The molecule has 1 aliphatic rings. The van der Waals surface area contributed by atoms with Crippen LogP contribution in [0.3, 0.4) is 0 Å². The minimum atomic E-state index is -0.0907. The number of benzene rings is 1. The molecule has 7 nitrogen and oxygen atoms in total. The number of carbonyl (C=O) groups excluding carboxylic acids is 1. The van der Waals surface area contributed by atoms with E-state index >= 15 is 0 Å². The van der Waals surface area contributed by atoms with Gasteiger partial charge >= 0.3 is 0 Å². The SMILES string of the molecule is O=C(CSc1nc(Cl)cc(N2CCN(c3cccc(Cl)c3)CC2)n1)NCc1ccncc1. The third kappa shape index (κ3) is 6.25. The number of carbonyl (C=O) groups is 1. The fraction of sp³-hybridized carbons (Fsp3) is 0.273. The second kappa shape index (κ2) is 10.8. The van der Waals surface area contributed by atoms with Crippen molar-refractivity contribution in [1.82, 2.24) is 20.3 Å². The molecule has 1 saturated heterocycles. The normalized spacial score (nSPS) is 13.8. The van der Waals surface area contributed by atoms with E-state index in [1.54, 1.807) is 18.5 Å². The maximum absolute atomic E-state index is 12.2. The molecule has 0 spiro atoms. The Hall–Kier alpha value is -2.55. The number of amides is 1. The summed E-state index contributed by atoms with van der Waals surface area (Å²) in [6.45, 7) is 3.76. The average Bonchev–Trinajstić information content (AvgIpc) is 2.82. The van der Waals surface area contributed by atoms with Gasteiger partial charge in [0.2, 0.25) is 5.91 Å². The van der Waals surface area contributed by atoms with Gasteiger partial charge in [-0.1, -0.05) is 41.0 Å². The molecule has 0 unspecified atom stereocenters. The maximum atomic E-state index is 12.2. The molecule has 32 heavy (non-hydrogen) atoms. The number of halogens is 2. The van der Waals surface area contributed by atoms with Crippen LogP contribution in [0, 0.1) is 0 Å². The Morgan fingerprint density at radius 1 is 1.00 bits per heavy atom. The van der Waals surface area contributed by atoms with Crippen LogP contribution in [0.5, 0.6) is 0 Å². The lowest BCUT2D eigenvalue weighted by atomic mass is 10.2. The smallest absolute Gasteiger partial charge is 0.230 e. The number of piperazine rings is 1. The van der Waals surface area contributed by atoms with Crippen molar-refractivity contribution in [3.8, 4) is 0 Å². The van der Waals surface area contributed by atoms with Gasteiger partial charge in [0, 0.05) is 61.9 Å². The van der Waals surface area contributed by atoms with Gasteiger partial charge in [0.25, 0.3) is 0 Å². The summed E-state index contributed by atoms with van der Waals surface area (Å²) in [7, 11) is 0. The molecule has 1 aliphatic heterocycles. The second-order valence-corrected chi connectivity index (χ2v) is 8.97. The molecule has 4 rings (SSSR count). The summed E-state index contributed by atoms with van der Waals surface area (Å²) in [5.41, 5.74) is 2.11. The highest BCUT2D eigenvalue weighted by Gasteiger charge is 2.20. The van der Waals surface area contributed by atoms with Crippen LogP contribution in [0.4, 0.5) is 11.5 Å².